The fourth-order valence-corrected chi connectivity index (χ4v) is 2.15. The highest BCUT2D eigenvalue weighted by Gasteiger charge is 2.15. The highest BCUT2D eigenvalue weighted by Crippen LogP contribution is 2.29. The van der Waals surface area contributed by atoms with Gasteiger partial charge in [-0.3, -0.25) is 0 Å². The van der Waals surface area contributed by atoms with E-state index in [4.69, 9.17) is 4.74 Å². The second kappa shape index (κ2) is 15.0. The van der Waals surface area contributed by atoms with Crippen molar-refractivity contribution in [2.45, 2.75) is 80.6 Å². The van der Waals surface area contributed by atoms with Crippen LogP contribution in [0.25, 0.3) is 0 Å². The molecule has 0 N–H and O–H groups in total. The maximum atomic E-state index is 4.83. The van der Waals surface area contributed by atoms with E-state index in [1.54, 1.807) is 0 Å². The van der Waals surface area contributed by atoms with Crippen LogP contribution in [0.1, 0.15) is 80.6 Å². The number of hydrogen-bond acceptors (Lipinski definition) is 1. The first-order valence-electron chi connectivity index (χ1n) is 8.28. The van der Waals surface area contributed by atoms with Crippen molar-refractivity contribution in [2.24, 2.45) is 17.8 Å². The number of ether oxygens (including phenoxy) is 1. The SMILES string of the molecule is CC.CC.CC(C)C1CCCCC1.CC1COC1. The fraction of sp³-hybridized carbons (Fsp3) is 1.00. The zero-order chi connectivity index (χ0) is 14.4. The van der Waals surface area contributed by atoms with Gasteiger partial charge in [-0.1, -0.05) is 80.6 Å². The van der Waals surface area contributed by atoms with Gasteiger partial charge in [0, 0.05) is 5.92 Å². The molecule has 1 saturated heterocycles. The summed E-state index contributed by atoms with van der Waals surface area (Å²) < 4.78 is 4.83. The van der Waals surface area contributed by atoms with E-state index >= 15 is 0 Å². The third-order valence-corrected chi connectivity index (χ3v) is 3.40. The van der Waals surface area contributed by atoms with Gasteiger partial charge in [0.2, 0.25) is 0 Å². The van der Waals surface area contributed by atoms with Crippen molar-refractivity contribution in [2.75, 3.05) is 13.2 Å². The van der Waals surface area contributed by atoms with Gasteiger partial charge in [0.05, 0.1) is 13.2 Å². The van der Waals surface area contributed by atoms with Crippen LogP contribution in [0.4, 0.5) is 0 Å². The molecule has 1 heterocycles. The highest BCUT2D eigenvalue weighted by atomic mass is 16.5. The molecular weight excluding hydrogens is 220 g/mol. The van der Waals surface area contributed by atoms with Gasteiger partial charge < -0.3 is 4.74 Å². The Morgan fingerprint density at radius 3 is 1.39 bits per heavy atom. The van der Waals surface area contributed by atoms with Crippen molar-refractivity contribution in [3.8, 4) is 0 Å². The summed E-state index contributed by atoms with van der Waals surface area (Å²) in [5, 5.41) is 0. The molecular formula is C17H38O. The quantitative estimate of drug-likeness (QED) is 0.566. The summed E-state index contributed by atoms with van der Waals surface area (Å²) >= 11 is 0. The van der Waals surface area contributed by atoms with Crippen LogP contribution in [-0.4, -0.2) is 13.2 Å². The summed E-state index contributed by atoms with van der Waals surface area (Å²) in [4.78, 5) is 0. The summed E-state index contributed by atoms with van der Waals surface area (Å²) in [5.74, 6) is 2.83. The van der Waals surface area contributed by atoms with Crippen LogP contribution in [0.5, 0.6) is 0 Å². The predicted molar refractivity (Wildman–Crippen MR) is 84.1 cm³/mol. The molecule has 0 bridgehead atoms. The first-order valence-corrected chi connectivity index (χ1v) is 8.28. The van der Waals surface area contributed by atoms with Gasteiger partial charge in [-0.2, -0.15) is 0 Å². The van der Waals surface area contributed by atoms with Crippen LogP contribution >= 0.6 is 0 Å². The smallest absolute Gasteiger partial charge is 0.0513 e. The molecule has 2 rings (SSSR count). The van der Waals surface area contributed by atoms with Gasteiger partial charge >= 0.3 is 0 Å². The second-order valence-corrected chi connectivity index (χ2v) is 5.28. The Labute approximate surface area is 117 Å². The molecule has 1 heteroatoms. The van der Waals surface area contributed by atoms with Crippen molar-refractivity contribution < 1.29 is 4.74 Å². The third kappa shape index (κ3) is 11.1. The molecule has 0 amide bonds. The van der Waals surface area contributed by atoms with E-state index in [9.17, 15) is 0 Å². The molecule has 2 aliphatic rings. The second-order valence-electron chi connectivity index (χ2n) is 5.28. The summed E-state index contributed by atoms with van der Waals surface area (Å²) in [6.45, 7) is 16.9. The van der Waals surface area contributed by atoms with Gasteiger partial charge in [0.15, 0.2) is 0 Å². The van der Waals surface area contributed by atoms with Gasteiger partial charge in [-0.25, -0.2) is 0 Å². The third-order valence-electron chi connectivity index (χ3n) is 3.40. The lowest BCUT2D eigenvalue weighted by atomic mass is 9.82. The van der Waals surface area contributed by atoms with Crippen molar-refractivity contribution >= 4 is 0 Å². The largest absolute Gasteiger partial charge is 0.381 e. The zero-order valence-electron chi connectivity index (χ0n) is 14.1. The Balaban J connectivity index is 0. The van der Waals surface area contributed by atoms with E-state index in [2.05, 4.69) is 20.8 Å². The molecule has 1 nitrogen and oxygen atoms in total. The molecule has 0 aromatic carbocycles. The normalized spacial score (nSPS) is 19.3. The minimum absolute atomic E-state index is 0.843. The molecule has 0 aromatic heterocycles. The molecule has 0 unspecified atom stereocenters. The molecule has 0 aromatic rings. The van der Waals surface area contributed by atoms with Crippen molar-refractivity contribution in [1.29, 1.82) is 0 Å². The van der Waals surface area contributed by atoms with Crippen molar-refractivity contribution in [3.63, 3.8) is 0 Å². The molecule has 0 atom stereocenters. The Bertz CT molecular complexity index is 133. The zero-order valence-corrected chi connectivity index (χ0v) is 14.1. The molecule has 0 radical (unpaired) electrons. The van der Waals surface area contributed by atoms with Crippen molar-refractivity contribution in [1.82, 2.24) is 0 Å². The van der Waals surface area contributed by atoms with E-state index in [1.165, 1.54) is 32.1 Å². The first-order chi connectivity index (χ1) is 8.70. The van der Waals surface area contributed by atoms with Crippen LogP contribution in [0, 0.1) is 17.8 Å². The molecule has 1 aliphatic carbocycles. The van der Waals surface area contributed by atoms with E-state index in [0.717, 1.165) is 31.0 Å². The topological polar surface area (TPSA) is 9.23 Å². The number of hydrogen-bond donors (Lipinski definition) is 0. The molecule has 18 heavy (non-hydrogen) atoms. The maximum absolute atomic E-state index is 4.83. The van der Waals surface area contributed by atoms with Crippen LogP contribution in [-0.2, 0) is 4.74 Å². The molecule has 2 fully saturated rings. The van der Waals surface area contributed by atoms with Gasteiger partial charge in [0.1, 0.15) is 0 Å². The van der Waals surface area contributed by atoms with Gasteiger partial charge in [-0.15, -0.1) is 0 Å². The standard InChI is InChI=1S/C9H18.C4H8O.2C2H6/c1-8(2)9-6-4-3-5-7-9;1-4-2-5-3-4;2*1-2/h8-9H,3-7H2,1-2H3;4H,2-3H2,1H3;2*1-2H3. The monoisotopic (exact) mass is 258 g/mol. The minimum Gasteiger partial charge on any atom is -0.381 e. The fourth-order valence-electron chi connectivity index (χ4n) is 2.15. The van der Waals surface area contributed by atoms with Gasteiger partial charge in [0.25, 0.3) is 0 Å². The lowest BCUT2D eigenvalue weighted by molar-refractivity contribution is -0.0221. The van der Waals surface area contributed by atoms with Crippen molar-refractivity contribution in [3.05, 3.63) is 0 Å². The van der Waals surface area contributed by atoms with E-state index < -0.39 is 0 Å². The average molecular weight is 258 g/mol. The lowest BCUT2D eigenvalue weighted by Crippen LogP contribution is -2.23. The van der Waals surface area contributed by atoms with Crippen LogP contribution in [0.15, 0.2) is 0 Å². The molecule has 1 saturated carbocycles. The predicted octanol–water partition coefficient (Wildman–Crippen LogP) is 5.93. The summed E-state index contributed by atoms with van der Waals surface area (Å²) in [6.07, 6.45) is 7.46. The Morgan fingerprint density at radius 2 is 1.22 bits per heavy atom. The maximum Gasteiger partial charge on any atom is 0.0513 e. The van der Waals surface area contributed by atoms with E-state index in [-0.39, 0.29) is 0 Å². The van der Waals surface area contributed by atoms with Crippen LogP contribution < -0.4 is 0 Å². The Hall–Kier alpha value is -0.0400. The summed E-state index contributed by atoms with van der Waals surface area (Å²) in [5.41, 5.74) is 0. The Kier molecular flexibility index (Phi) is 16.9. The highest BCUT2D eigenvalue weighted by molar-refractivity contribution is 4.67. The van der Waals surface area contributed by atoms with Crippen LogP contribution in [0.2, 0.25) is 0 Å². The van der Waals surface area contributed by atoms with E-state index in [0.29, 0.717) is 0 Å². The van der Waals surface area contributed by atoms with E-state index in [1.807, 2.05) is 27.7 Å². The first kappa shape index (κ1) is 20.3. The number of rotatable bonds is 1. The minimum atomic E-state index is 0.843. The molecule has 0 spiro atoms. The average Bonchev–Trinajstić information content (AvgIpc) is 2.42. The molecule has 1 aliphatic heterocycles. The molecule has 112 valence electrons. The summed E-state index contributed by atoms with van der Waals surface area (Å²) in [6, 6.07) is 0. The van der Waals surface area contributed by atoms with Gasteiger partial charge in [-0.05, 0) is 11.8 Å². The van der Waals surface area contributed by atoms with Crippen LogP contribution in [0.3, 0.4) is 0 Å². The Morgan fingerprint density at radius 1 is 0.833 bits per heavy atom. The summed E-state index contributed by atoms with van der Waals surface area (Å²) in [7, 11) is 0. The lowest BCUT2D eigenvalue weighted by Gasteiger charge is -2.24.